The summed E-state index contributed by atoms with van der Waals surface area (Å²) in [7, 11) is 0. The molecule has 2 rings (SSSR count). The maximum atomic E-state index is 12.5. The molecule has 32 heavy (non-hydrogen) atoms. The Balaban J connectivity index is 2.42. The van der Waals surface area contributed by atoms with Crippen LogP contribution < -0.4 is 5.32 Å². The fourth-order valence-corrected chi connectivity index (χ4v) is 3.29. The van der Waals surface area contributed by atoms with Crippen molar-refractivity contribution in [2.45, 2.75) is 58.3 Å². The number of nitrogens with one attached hydrogen (secondary N) is 1. The van der Waals surface area contributed by atoms with E-state index in [4.69, 9.17) is 28.1 Å². The highest BCUT2D eigenvalue weighted by Crippen LogP contribution is 2.29. The lowest BCUT2D eigenvalue weighted by molar-refractivity contribution is -0.264. The van der Waals surface area contributed by atoms with Gasteiger partial charge in [0.1, 0.15) is 18.8 Å². The highest BCUT2D eigenvalue weighted by atomic mass is 79.9. The molecule has 13 heteroatoms. The summed E-state index contributed by atoms with van der Waals surface area (Å²) < 4.78 is 32.0. The summed E-state index contributed by atoms with van der Waals surface area (Å²) in [5, 5.41) is 2.48. The largest absolute Gasteiger partial charge is 0.463 e. The number of hydrogen-bond donors (Lipinski definition) is 1. The lowest BCUT2D eigenvalue weighted by Crippen LogP contribution is -2.66. The first-order valence-electron chi connectivity index (χ1n) is 9.34. The second-order valence-electron chi connectivity index (χ2n) is 6.73. The predicted molar refractivity (Wildman–Crippen MR) is 106 cm³/mol. The van der Waals surface area contributed by atoms with Crippen LogP contribution in [0.2, 0.25) is 0 Å². The zero-order chi connectivity index (χ0) is 24.0. The number of amides is 1. The van der Waals surface area contributed by atoms with Gasteiger partial charge in [0.15, 0.2) is 16.9 Å². The maximum absolute atomic E-state index is 12.5. The van der Waals surface area contributed by atoms with Crippen LogP contribution in [-0.2, 0) is 42.9 Å². The topological polar surface area (TPSA) is 157 Å². The van der Waals surface area contributed by atoms with Crippen molar-refractivity contribution in [3.05, 3.63) is 22.6 Å². The first kappa shape index (κ1) is 25.3. The van der Waals surface area contributed by atoms with Gasteiger partial charge in [-0.1, -0.05) is 0 Å². The van der Waals surface area contributed by atoms with Crippen LogP contribution in [0.25, 0.3) is 0 Å². The van der Waals surface area contributed by atoms with Gasteiger partial charge < -0.3 is 33.4 Å². The van der Waals surface area contributed by atoms with E-state index >= 15 is 0 Å². The average molecular weight is 520 g/mol. The number of carbonyl (C=O) groups excluding carboxylic acids is 5. The van der Waals surface area contributed by atoms with E-state index in [1.165, 1.54) is 19.1 Å². The van der Waals surface area contributed by atoms with Crippen LogP contribution >= 0.6 is 15.9 Å². The monoisotopic (exact) mass is 519 g/mol. The number of rotatable bonds is 7. The lowest BCUT2D eigenvalue weighted by atomic mass is 9.96. The summed E-state index contributed by atoms with van der Waals surface area (Å²) in [4.78, 5) is 59.1. The third-order valence-electron chi connectivity index (χ3n) is 4.07. The molecule has 0 saturated carbocycles. The second-order valence-corrected chi connectivity index (χ2v) is 7.51. The van der Waals surface area contributed by atoms with E-state index in [0.717, 1.165) is 20.8 Å². The van der Waals surface area contributed by atoms with Crippen molar-refractivity contribution in [1.82, 2.24) is 5.32 Å². The van der Waals surface area contributed by atoms with E-state index in [1.54, 1.807) is 0 Å². The van der Waals surface area contributed by atoms with E-state index < -0.39 is 67.0 Å². The first-order chi connectivity index (χ1) is 15.0. The van der Waals surface area contributed by atoms with Crippen LogP contribution in [0, 0.1) is 0 Å². The van der Waals surface area contributed by atoms with Crippen LogP contribution in [0.4, 0.5) is 0 Å². The minimum absolute atomic E-state index is 0.176. The smallest absolute Gasteiger partial charge is 0.376 e. The van der Waals surface area contributed by atoms with Crippen molar-refractivity contribution in [1.29, 1.82) is 0 Å². The van der Waals surface area contributed by atoms with Crippen molar-refractivity contribution in [2.24, 2.45) is 0 Å². The van der Waals surface area contributed by atoms with Gasteiger partial charge in [0.25, 0.3) is 0 Å². The van der Waals surface area contributed by atoms with Crippen LogP contribution in [0.1, 0.15) is 38.2 Å². The zero-order valence-corrected chi connectivity index (χ0v) is 19.2. The Hall–Kier alpha value is -2.93. The number of ether oxygens (including phenoxy) is 5. The molecule has 0 bridgehead atoms. The highest BCUT2D eigenvalue weighted by molar-refractivity contribution is 9.10. The number of furan rings is 1. The fraction of sp³-hybridized carbons (Fsp3) is 0.526. The van der Waals surface area contributed by atoms with Gasteiger partial charge in [-0.3, -0.25) is 19.2 Å². The molecule has 0 aromatic carbocycles. The molecule has 1 aromatic heterocycles. The lowest BCUT2D eigenvalue weighted by Gasteiger charge is -2.44. The van der Waals surface area contributed by atoms with E-state index in [9.17, 15) is 24.0 Å². The van der Waals surface area contributed by atoms with Gasteiger partial charge in [0, 0.05) is 27.7 Å². The zero-order valence-electron chi connectivity index (χ0n) is 17.6. The molecule has 0 unspecified atom stereocenters. The molecular formula is C19H22BrNO11. The minimum Gasteiger partial charge on any atom is -0.463 e. The van der Waals surface area contributed by atoms with E-state index in [2.05, 4.69) is 21.2 Å². The molecule has 12 nitrogen and oxygen atoms in total. The Kier molecular flexibility index (Phi) is 8.78. The Morgan fingerprint density at radius 3 is 2.06 bits per heavy atom. The molecule has 176 valence electrons. The molecular weight excluding hydrogens is 498 g/mol. The van der Waals surface area contributed by atoms with Crippen LogP contribution in [0.5, 0.6) is 0 Å². The van der Waals surface area contributed by atoms with Gasteiger partial charge in [0.2, 0.25) is 18.0 Å². The van der Waals surface area contributed by atoms with Crippen molar-refractivity contribution < 1.29 is 52.1 Å². The predicted octanol–water partition coefficient (Wildman–Crippen LogP) is 0.855. The molecule has 0 aliphatic carbocycles. The van der Waals surface area contributed by atoms with Gasteiger partial charge in [-0.2, -0.15) is 0 Å². The van der Waals surface area contributed by atoms with Gasteiger partial charge in [0.05, 0.1) is 0 Å². The second kappa shape index (κ2) is 11.1. The Morgan fingerprint density at radius 1 is 0.938 bits per heavy atom. The summed E-state index contributed by atoms with van der Waals surface area (Å²) >= 11 is 3.06. The van der Waals surface area contributed by atoms with Gasteiger partial charge >= 0.3 is 23.9 Å². The number of hydrogen-bond acceptors (Lipinski definition) is 11. The molecule has 1 saturated heterocycles. The van der Waals surface area contributed by atoms with Crippen LogP contribution in [0.3, 0.4) is 0 Å². The third-order valence-corrected chi connectivity index (χ3v) is 4.49. The fourth-order valence-electron chi connectivity index (χ4n) is 2.98. The van der Waals surface area contributed by atoms with Gasteiger partial charge in [-0.05, 0) is 28.1 Å². The number of carbonyl (C=O) groups is 5. The van der Waals surface area contributed by atoms with E-state index in [-0.39, 0.29) is 10.4 Å². The highest BCUT2D eigenvalue weighted by Gasteiger charge is 2.52. The molecule has 0 radical (unpaired) electrons. The Bertz CT molecular complexity index is 882. The molecule has 1 amide bonds. The quantitative estimate of drug-likeness (QED) is 0.402. The molecule has 1 fully saturated rings. The molecule has 1 aromatic rings. The van der Waals surface area contributed by atoms with Gasteiger partial charge in [-0.25, -0.2) is 4.79 Å². The molecule has 0 spiro atoms. The summed E-state index contributed by atoms with van der Waals surface area (Å²) in [6, 6.07) is 1.53. The molecule has 1 aliphatic heterocycles. The molecule has 2 heterocycles. The molecule has 5 atom stereocenters. The van der Waals surface area contributed by atoms with Crippen molar-refractivity contribution >= 4 is 45.7 Å². The first-order valence-corrected chi connectivity index (χ1v) is 10.1. The van der Waals surface area contributed by atoms with Crippen LogP contribution in [0.15, 0.2) is 21.2 Å². The normalized spacial score (nSPS) is 24.7. The third kappa shape index (κ3) is 7.05. The average Bonchev–Trinajstić information content (AvgIpc) is 3.10. The molecule has 1 N–H and O–H groups in total. The summed E-state index contributed by atoms with van der Waals surface area (Å²) in [6.45, 7) is 4.13. The van der Waals surface area contributed by atoms with Crippen molar-refractivity contribution in [3.8, 4) is 0 Å². The van der Waals surface area contributed by atoms with Crippen molar-refractivity contribution in [2.75, 3.05) is 6.61 Å². The standard InChI is InChI=1S/C19H22BrNO11/c1-8(22)21-15-17(29-11(4)25)16(28-10(3)24)13(7-27-9(2)23)31-19(15)32-18(26)12-5-6-14(20)30-12/h5-6,13,15-17,19H,7H2,1-4H3,(H,21,22)/t13-,15-,16+,17+,19+/m0/s1. The Morgan fingerprint density at radius 2 is 1.56 bits per heavy atom. The summed E-state index contributed by atoms with van der Waals surface area (Å²) in [6.07, 6.45) is -5.35. The summed E-state index contributed by atoms with van der Waals surface area (Å²) in [5.74, 6) is -3.87. The Labute approximate surface area is 190 Å². The van der Waals surface area contributed by atoms with E-state index in [0.29, 0.717) is 0 Å². The molecule has 1 aliphatic rings. The van der Waals surface area contributed by atoms with Crippen LogP contribution in [-0.4, -0.2) is 67.0 Å². The SMILES string of the molecule is CC(=O)N[C@@H]1[C@@H](OC(=O)c2ccc(Br)o2)O[C@@H](COC(C)=O)[C@@H](OC(C)=O)[C@@H]1OC(C)=O. The summed E-state index contributed by atoms with van der Waals surface area (Å²) in [5.41, 5.74) is 0. The minimum atomic E-state index is -1.52. The number of esters is 4. The number of halogens is 1. The van der Waals surface area contributed by atoms with Gasteiger partial charge in [-0.15, -0.1) is 0 Å². The van der Waals surface area contributed by atoms with E-state index in [1.807, 2.05) is 0 Å². The van der Waals surface area contributed by atoms with Crippen molar-refractivity contribution in [3.63, 3.8) is 0 Å². The maximum Gasteiger partial charge on any atom is 0.376 e.